The SMILES string of the molecule is O=C(NCCCOc1ccccc1Cl)Nc1ccc2cn[nH]c2c1. The van der Waals surface area contributed by atoms with Gasteiger partial charge in [-0.2, -0.15) is 5.10 Å². The van der Waals surface area contributed by atoms with Crippen molar-refractivity contribution in [1.82, 2.24) is 15.5 Å². The second-order valence-corrected chi connectivity index (χ2v) is 5.59. The van der Waals surface area contributed by atoms with Gasteiger partial charge in [0.15, 0.2) is 0 Å². The first kappa shape index (κ1) is 16.1. The molecule has 3 rings (SSSR count). The van der Waals surface area contributed by atoms with Crippen LogP contribution in [0.25, 0.3) is 10.9 Å². The van der Waals surface area contributed by atoms with Gasteiger partial charge in [-0.15, -0.1) is 0 Å². The van der Waals surface area contributed by atoms with Crippen molar-refractivity contribution in [2.45, 2.75) is 6.42 Å². The van der Waals surface area contributed by atoms with Gasteiger partial charge in [0.2, 0.25) is 0 Å². The fourth-order valence-corrected chi connectivity index (χ4v) is 2.40. The van der Waals surface area contributed by atoms with Gasteiger partial charge in [-0.25, -0.2) is 4.79 Å². The van der Waals surface area contributed by atoms with Crippen molar-refractivity contribution in [3.05, 3.63) is 53.7 Å². The zero-order chi connectivity index (χ0) is 16.8. The summed E-state index contributed by atoms with van der Waals surface area (Å²) in [6.07, 6.45) is 2.41. The molecule has 1 aromatic heterocycles. The second-order valence-electron chi connectivity index (χ2n) is 5.19. The van der Waals surface area contributed by atoms with E-state index >= 15 is 0 Å². The maximum atomic E-state index is 11.9. The third-order valence-corrected chi connectivity index (χ3v) is 3.71. The van der Waals surface area contributed by atoms with Crippen LogP contribution in [0.2, 0.25) is 5.02 Å². The number of aromatic amines is 1. The highest BCUT2D eigenvalue weighted by Gasteiger charge is 2.04. The highest BCUT2D eigenvalue weighted by atomic mass is 35.5. The molecule has 0 radical (unpaired) electrons. The summed E-state index contributed by atoms with van der Waals surface area (Å²) >= 11 is 6.00. The summed E-state index contributed by atoms with van der Waals surface area (Å²) in [5.41, 5.74) is 1.58. The van der Waals surface area contributed by atoms with Gasteiger partial charge >= 0.3 is 6.03 Å². The van der Waals surface area contributed by atoms with Crippen LogP contribution in [0.4, 0.5) is 10.5 Å². The Morgan fingerprint density at radius 2 is 2.12 bits per heavy atom. The van der Waals surface area contributed by atoms with Crippen molar-refractivity contribution in [3.8, 4) is 5.75 Å². The molecular formula is C17H17ClN4O2. The molecule has 0 spiro atoms. The van der Waals surface area contributed by atoms with Crippen LogP contribution in [-0.2, 0) is 0 Å². The minimum Gasteiger partial charge on any atom is -0.492 e. The van der Waals surface area contributed by atoms with E-state index in [0.29, 0.717) is 36.0 Å². The Morgan fingerprint density at radius 1 is 1.25 bits per heavy atom. The monoisotopic (exact) mass is 344 g/mol. The van der Waals surface area contributed by atoms with E-state index in [1.165, 1.54) is 0 Å². The Balaban J connectivity index is 1.39. The molecule has 0 bridgehead atoms. The summed E-state index contributed by atoms with van der Waals surface area (Å²) < 4.78 is 5.56. The van der Waals surface area contributed by atoms with Gasteiger partial charge < -0.3 is 15.4 Å². The van der Waals surface area contributed by atoms with E-state index in [-0.39, 0.29) is 6.03 Å². The molecule has 0 saturated carbocycles. The number of fused-ring (bicyclic) bond motifs is 1. The number of rotatable bonds is 6. The lowest BCUT2D eigenvalue weighted by molar-refractivity contribution is 0.250. The van der Waals surface area contributed by atoms with Crippen LogP contribution in [0.15, 0.2) is 48.7 Å². The average molecular weight is 345 g/mol. The zero-order valence-electron chi connectivity index (χ0n) is 12.9. The molecule has 1 heterocycles. The first-order chi connectivity index (χ1) is 11.7. The van der Waals surface area contributed by atoms with Crippen LogP contribution in [0, 0.1) is 0 Å². The van der Waals surface area contributed by atoms with E-state index in [1.807, 2.05) is 36.4 Å². The number of H-pyrrole nitrogens is 1. The number of ether oxygens (including phenoxy) is 1. The van der Waals surface area contributed by atoms with Crippen molar-refractivity contribution in [1.29, 1.82) is 0 Å². The van der Waals surface area contributed by atoms with Crippen LogP contribution in [-0.4, -0.2) is 29.4 Å². The predicted molar refractivity (Wildman–Crippen MR) is 94.7 cm³/mol. The van der Waals surface area contributed by atoms with Gasteiger partial charge in [-0.3, -0.25) is 5.10 Å². The van der Waals surface area contributed by atoms with Crippen LogP contribution in [0.1, 0.15) is 6.42 Å². The molecule has 124 valence electrons. The van der Waals surface area contributed by atoms with Gasteiger partial charge in [-0.1, -0.05) is 23.7 Å². The number of halogens is 1. The van der Waals surface area contributed by atoms with Gasteiger partial charge in [0, 0.05) is 17.6 Å². The maximum absolute atomic E-state index is 11.9. The third-order valence-electron chi connectivity index (χ3n) is 3.40. The Hall–Kier alpha value is -2.73. The maximum Gasteiger partial charge on any atom is 0.319 e. The molecule has 7 heteroatoms. The Labute approximate surface area is 144 Å². The standard InChI is InChI=1S/C17H17ClN4O2/c18-14-4-1-2-5-16(14)24-9-3-8-19-17(23)21-13-7-6-12-11-20-22-15(12)10-13/h1-2,4-7,10-11H,3,8-9H2,(H,20,22)(H2,19,21,23). The quantitative estimate of drug-likeness (QED) is 0.595. The number of aromatic nitrogens is 2. The minimum absolute atomic E-state index is 0.258. The molecule has 24 heavy (non-hydrogen) atoms. The molecule has 0 saturated heterocycles. The van der Waals surface area contributed by atoms with E-state index in [0.717, 1.165) is 10.9 Å². The number of carbonyl (C=O) groups excluding carboxylic acids is 1. The predicted octanol–water partition coefficient (Wildman–Crippen LogP) is 3.81. The molecule has 6 nitrogen and oxygen atoms in total. The molecule has 2 aromatic carbocycles. The topological polar surface area (TPSA) is 79.0 Å². The average Bonchev–Trinajstić information content (AvgIpc) is 3.04. The molecule has 0 unspecified atom stereocenters. The summed E-state index contributed by atoms with van der Waals surface area (Å²) in [5, 5.41) is 14.0. The summed E-state index contributed by atoms with van der Waals surface area (Å²) in [5.74, 6) is 0.650. The van der Waals surface area contributed by atoms with Crippen LogP contribution < -0.4 is 15.4 Å². The van der Waals surface area contributed by atoms with E-state index < -0.39 is 0 Å². The van der Waals surface area contributed by atoms with Gasteiger partial charge in [0.25, 0.3) is 0 Å². The summed E-state index contributed by atoms with van der Waals surface area (Å²) in [7, 11) is 0. The molecule has 0 fully saturated rings. The number of para-hydroxylation sites is 1. The van der Waals surface area contributed by atoms with Crippen molar-refractivity contribution in [3.63, 3.8) is 0 Å². The number of hydrogen-bond acceptors (Lipinski definition) is 3. The Bertz CT molecular complexity index is 834. The van der Waals surface area contributed by atoms with Crippen molar-refractivity contribution in [2.75, 3.05) is 18.5 Å². The van der Waals surface area contributed by atoms with Crippen LogP contribution in [0.5, 0.6) is 5.75 Å². The first-order valence-electron chi connectivity index (χ1n) is 7.58. The van der Waals surface area contributed by atoms with Crippen molar-refractivity contribution >= 4 is 34.2 Å². The lowest BCUT2D eigenvalue weighted by atomic mass is 10.2. The van der Waals surface area contributed by atoms with E-state index in [4.69, 9.17) is 16.3 Å². The number of carbonyl (C=O) groups is 1. The lowest BCUT2D eigenvalue weighted by Gasteiger charge is -2.09. The minimum atomic E-state index is -0.258. The number of hydrogen-bond donors (Lipinski definition) is 3. The third kappa shape index (κ3) is 4.17. The van der Waals surface area contributed by atoms with Crippen LogP contribution >= 0.6 is 11.6 Å². The first-order valence-corrected chi connectivity index (χ1v) is 7.95. The smallest absolute Gasteiger partial charge is 0.319 e. The summed E-state index contributed by atoms with van der Waals surface area (Å²) in [6.45, 7) is 0.979. The summed E-state index contributed by atoms with van der Waals surface area (Å²) in [4.78, 5) is 11.9. The number of urea groups is 1. The van der Waals surface area contributed by atoms with E-state index in [9.17, 15) is 4.79 Å². The molecule has 3 aromatic rings. The van der Waals surface area contributed by atoms with Gasteiger partial charge in [-0.05, 0) is 36.8 Å². The molecule has 0 aliphatic rings. The molecule has 0 atom stereocenters. The second kappa shape index (κ2) is 7.70. The number of anilines is 1. The van der Waals surface area contributed by atoms with Gasteiger partial charge in [0.1, 0.15) is 5.75 Å². The van der Waals surface area contributed by atoms with Crippen molar-refractivity contribution in [2.24, 2.45) is 0 Å². The number of benzene rings is 2. The molecule has 0 aliphatic carbocycles. The molecule has 0 aliphatic heterocycles. The number of nitrogens with one attached hydrogen (secondary N) is 3. The molecule has 2 amide bonds. The highest BCUT2D eigenvalue weighted by Crippen LogP contribution is 2.23. The number of nitrogens with zero attached hydrogens (tertiary/aromatic N) is 1. The van der Waals surface area contributed by atoms with E-state index in [2.05, 4.69) is 20.8 Å². The lowest BCUT2D eigenvalue weighted by Crippen LogP contribution is -2.30. The normalized spacial score (nSPS) is 10.5. The fourth-order valence-electron chi connectivity index (χ4n) is 2.21. The Morgan fingerprint density at radius 3 is 3.00 bits per heavy atom. The fraction of sp³-hybridized carbons (Fsp3) is 0.176. The van der Waals surface area contributed by atoms with Crippen LogP contribution in [0.3, 0.4) is 0 Å². The van der Waals surface area contributed by atoms with Gasteiger partial charge in [0.05, 0.1) is 23.3 Å². The number of amides is 2. The highest BCUT2D eigenvalue weighted by molar-refractivity contribution is 6.32. The molecule has 3 N–H and O–H groups in total. The zero-order valence-corrected chi connectivity index (χ0v) is 13.6. The largest absolute Gasteiger partial charge is 0.492 e. The molecular weight excluding hydrogens is 328 g/mol. The Kier molecular flexibility index (Phi) is 5.18. The van der Waals surface area contributed by atoms with Crippen molar-refractivity contribution < 1.29 is 9.53 Å². The van der Waals surface area contributed by atoms with E-state index in [1.54, 1.807) is 12.3 Å². The summed E-state index contributed by atoms with van der Waals surface area (Å²) in [6, 6.07) is 12.6.